The smallest absolute Gasteiger partial charge is 0.0718 e. The first kappa shape index (κ1) is 11.0. The lowest BCUT2D eigenvalue weighted by molar-refractivity contribution is 0.0300. The minimum atomic E-state index is -0.614. The molecule has 3 N–H and O–H groups in total. The van der Waals surface area contributed by atoms with Gasteiger partial charge in [0.1, 0.15) is 0 Å². The minimum absolute atomic E-state index is 0.298. The topological polar surface area (TPSA) is 49.5 Å². The van der Waals surface area contributed by atoms with E-state index in [4.69, 9.17) is 5.73 Å². The normalized spacial score (nSPS) is 30.0. The van der Waals surface area contributed by atoms with Gasteiger partial charge in [0, 0.05) is 18.6 Å². The fourth-order valence-corrected chi connectivity index (χ4v) is 2.24. The molecule has 1 aliphatic rings. The third-order valence-electron chi connectivity index (χ3n) is 2.73. The van der Waals surface area contributed by atoms with E-state index in [1.807, 2.05) is 20.9 Å². The van der Waals surface area contributed by atoms with Gasteiger partial charge in [-0.05, 0) is 33.7 Å². The van der Waals surface area contributed by atoms with Crippen molar-refractivity contribution in [2.45, 2.75) is 50.8 Å². The van der Waals surface area contributed by atoms with Gasteiger partial charge in [0.25, 0.3) is 0 Å². The van der Waals surface area contributed by atoms with Crippen molar-refractivity contribution in [1.82, 2.24) is 4.90 Å². The van der Waals surface area contributed by atoms with Crippen LogP contribution in [0.2, 0.25) is 0 Å². The molecule has 0 saturated heterocycles. The monoisotopic (exact) mass is 186 g/mol. The quantitative estimate of drug-likeness (QED) is 0.677. The van der Waals surface area contributed by atoms with Crippen LogP contribution in [-0.2, 0) is 0 Å². The first-order valence-electron chi connectivity index (χ1n) is 5.08. The number of nitrogens with zero attached hydrogens (tertiary/aromatic N) is 1. The lowest BCUT2D eigenvalue weighted by Crippen LogP contribution is -2.47. The highest BCUT2D eigenvalue weighted by atomic mass is 16.3. The van der Waals surface area contributed by atoms with Gasteiger partial charge in [-0.25, -0.2) is 0 Å². The van der Waals surface area contributed by atoms with Gasteiger partial charge < -0.3 is 10.8 Å². The second-order valence-corrected chi connectivity index (χ2v) is 4.89. The van der Waals surface area contributed by atoms with E-state index >= 15 is 0 Å². The van der Waals surface area contributed by atoms with E-state index in [0.29, 0.717) is 18.6 Å². The molecule has 0 radical (unpaired) electrons. The fraction of sp³-hybridized carbons (Fsp3) is 1.00. The highest BCUT2D eigenvalue weighted by molar-refractivity contribution is 4.88. The molecule has 0 amide bonds. The fourth-order valence-electron chi connectivity index (χ4n) is 2.24. The second kappa shape index (κ2) is 3.95. The van der Waals surface area contributed by atoms with Crippen molar-refractivity contribution in [3.05, 3.63) is 0 Å². The maximum atomic E-state index is 9.65. The zero-order chi connectivity index (χ0) is 10.1. The summed E-state index contributed by atoms with van der Waals surface area (Å²) in [6.07, 6.45) is 3.52. The Bertz CT molecular complexity index is 165. The average molecular weight is 186 g/mol. The molecule has 78 valence electrons. The van der Waals surface area contributed by atoms with Crippen molar-refractivity contribution >= 4 is 0 Å². The zero-order valence-electron chi connectivity index (χ0n) is 8.95. The van der Waals surface area contributed by atoms with Crippen molar-refractivity contribution in [1.29, 1.82) is 0 Å². The number of nitrogens with two attached hydrogens (primary N) is 1. The molecule has 3 heteroatoms. The predicted molar refractivity (Wildman–Crippen MR) is 54.5 cm³/mol. The van der Waals surface area contributed by atoms with E-state index in [1.54, 1.807) is 0 Å². The third-order valence-corrected chi connectivity index (χ3v) is 2.73. The summed E-state index contributed by atoms with van der Waals surface area (Å²) < 4.78 is 0. The van der Waals surface area contributed by atoms with Crippen LogP contribution in [0, 0.1) is 0 Å². The van der Waals surface area contributed by atoms with Gasteiger partial charge in [-0.15, -0.1) is 0 Å². The van der Waals surface area contributed by atoms with Crippen LogP contribution < -0.4 is 5.73 Å². The summed E-state index contributed by atoms with van der Waals surface area (Å²) in [6, 6.07) is 0.763. The first-order valence-corrected chi connectivity index (χ1v) is 5.08. The van der Waals surface area contributed by atoms with Crippen LogP contribution >= 0.6 is 0 Å². The van der Waals surface area contributed by atoms with Crippen molar-refractivity contribution < 1.29 is 5.11 Å². The summed E-state index contributed by atoms with van der Waals surface area (Å²) in [7, 11) is 2.05. The van der Waals surface area contributed by atoms with Crippen LogP contribution in [0.3, 0.4) is 0 Å². The molecule has 3 nitrogen and oxygen atoms in total. The van der Waals surface area contributed by atoms with E-state index in [-0.39, 0.29) is 0 Å². The molecule has 1 rings (SSSR count). The molecule has 0 aliphatic heterocycles. The molecule has 0 bridgehead atoms. The van der Waals surface area contributed by atoms with E-state index in [0.717, 1.165) is 6.42 Å². The summed E-state index contributed by atoms with van der Waals surface area (Å²) in [4.78, 5) is 2.19. The molecule has 2 unspecified atom stereocenters. The minimum Gasteiger partial charge on any atom is -0.389 e. The van der Waals surface area contributed by atoms with E-state index in [9.17, 15) is 5.11 Å². The van der Waals surface area contributed by atoms with Gasteiger partial charge in [0.2, 0.25) is 0 Å². The zero-order valence-corrected chi connectivity index (χ0v) is 8.95. The van der Waals surface area contributed by atoms with Gasteiger partial charge >= 0.3 is 0 Å². The Morgan fingerprint density at radius 3 is 2.46 bits per heavy atom. The number of hydrogen-bond donors (Lipinski definition) is 2. The lowest BCUT2D eigenvalue weighted by Gasteiger charge is -2.32. The summed E-state index contributed by atoms with van der Waals surface area (Å²) in [5.41, 5.74) is 5.36. The summed E-state index contributed by atoms with van der Waals surface area (Å²) in [5.74, 6) is 0. The van der Waals surface area contributed by atoms with Crippen molar-refractivity contribution in [3.63, 3.8) is 0 Å². The third kappa shape index (κ3) is 3.25. The average Bonchev–Trinajstić information content (AvgIpc) is 2.30. The molecule has 1 aliphatic carbocycles. The van der Waals surface area contributed by atoms with Crippen LogP contribution in [0.5, 0.6) is 0 Å². The van der Waals surface area contributed by atoms with Crippen molar-refractivity contribution in [3.8, 4) is 0 Å². The number of hydrogen-bond acceptors (Lipinski definition) is 3. The molecular weight excluding hydrogens is 164 g/mol. The van der Waals surface area contributed by atoms with E-state index < -0.39 is 5.60 Å². The maximum absolute atomic E-state index is 9.65. The molecular formula is C10H22N2O. The molecule has 13 heavy (non-hydrogen) atoms. The molecule has 0 aromatic carbocycles. The standard InChI is InChI=1S/C10H22N2O/c1-10(2,13)7-12(3)9-6-4-5-8(9)11/h8-9,13H,4-7,11H2,1-3H3. The predicted octanol–water partition coefficient (Wildman–Crippen LogP) is 0.569. The Morgan fingerprint density at radius 2 is 2.08 bits per heavy atom. The van der Waals surface area contributed by atoms with Crippen molar-refractivity contribution in [2.75, 3.05) is 13.6 Å². The Labute approximate surface area is 80.9 Å². The van der Waals surface area contributed by atoms with Crippen LogP contribution in [0.4, 0.5) is 0 Å². The van der Waals surface area contributed by atoms with Gasteiger partial charge in [-0.2, -0.15) is 0 Å². The highest BCUT2D eigenvalue weighted by Gasteiger charge is 2.29. The number of aliphatic hydroxyl groups is 1. The molecule has 0 aromatic heterocycles. The first-order chi connectivity index (χ1) is 5.90. The lowest BCUT2D eigenvalue weighted by atomic mass is 10.1. The Kier molecular flexibility index (Phi) is 3.33. The van der Waals surface area contributed by atoms with E-state index in [1.165, 1.54) is 12.8 Å². The molecule has 0 aromatic rings. The van der Waals surface area contributed by atoms with Crippen LogP contribution in [0.15, 0.2) is 0 Å². The van der Waals surface area contributed by atoms with Crippen molar-refractivity contribution in [2.24, 2.45) is 5.73 Å². The summed E-state index contributed by atoms with van der Waals surface area (Å²) >= 11 is 0. The molecule has 2 atom stereocenters. The molecule has 1 fully saturated rings. The number of rotatable bonds is 3. The summed E-state index contributed by atoms with van der Waals surface area (Å²) in [5, 5.41) is 9.65. The molecule has 0 spiro atoms. The maximum Gasteiger partial charge on any atom is 0.0718 e. The van der Waals surface area contributed by atoms with Crippen LogP contribution in [0.25, 0.3) is 0 Å². The molecule has 1 saturated carbocycles. The van der Waals surface area contributed by atoms with Crippen LogP contribution in [-0.4, -0.2) is 41.3 Å². The largest absolute Gasteiger partial charge is 0.389 e. The Morgan fingerprint density at radius 1 is 1.46 bits per heavy atom. The van der Waals surface area contributed by atoms with Gasteiger partial charge in [-0.3, -0.25) is 4.90 Å². The SMILES string of the molecule is CN(CC(C)(C)O)C1CCCC1N. The Balaban J connectivity index is 2.43. The van der Waals surface area contributed by atoms with E-state index in [2.05, 4.69) is 4.90 Å². The summed E-state index contributed by atoms with van der Waals surface area (Å²) in [6.45, 7) is 4.37. The van der Waals surface area contributed by atoms with Gasteiger partial charge in [0.05, 0.1) is 5.60 Å². The molecule has 0 heterocycles. The second-order valence-electron chi connectivity index (χ2n) is 4.89. The Hall–Kier alpha value is -0.120. The van der Waals surface area contributed by atoms with Crippen LogP contribution in [0.1, 0.15) is 33.1 Å². The highest BCUT2D eigenvalue weighted by Crippen LogP contribution is 2.22. The number of likely N-dealkylation sites (N-methyl/N-ethyl adjacent to an activating group) is 1. The van der Waals surface area contributed by atoms with Gasteiger partial charge in [-0.1, -0.05) is 6.42 Å². The van der Waals surface area contributed by atoms with Gasteiger partial charge in [0.15, 0.2) is 0 Å².